The van der Waals surface area contributed by atoms with Crippen LogP contribution >= 0.6 is 11.6 Å². The second-order valence-corrected chi connectivity index (χ2v) is 7.02. The zero-order chi connectivity index (χ0) is 19.4. The van der Waals surface area contributed by atoms with E-state index in [-0.39, 0.29) is 24.3 Å². The van der Waals surface area contributed by atoms with Gasteiger partial charge in [-0.3, -0.25) is 4.79 Å². The van der Waals surface area contributed by atoms with Gasteiger partial charge in [-0.1, -0.05) is 54.1 Å². The van der Waals surface area contributed by atoms with E-state index in [1.807, 2.05) is 24.3 Å². The average molecular weight is 398 g/mol. The largest absolute Gasteiger partial charge is 0.411 e. The van der Waals surface area contributed by atoms with Gasteiger partial charge in [0.2, 0.25) is 5.91 Å². The van der Waals surface area contributed by atoms with Crippen molar-refractivity contribution in [2.24, 2.45) is 5.92 Å². The fourth-order valence-corrected chi connectivity index (χ4v) is 3.24. The second-order valence-electron chi connectivity index (χ2n) is 6.61. The first-order chi connectivity index (χ1) is 12.8. The van der Waals surface area contributed by atoms with Gasteiger partial charge in [-0.15, -0.1) is 0 Å². The molecule has 0 spiro atoms. The lowest BCUT2D eigenvalue weighted by atomic mass is 10.1. The van der Waals surface area contributed by atoms with Crippen molar-refractivity contribution in [2.75, 3.05) is 6.61 Å². The van der Waals surface area contributed by atoms with Crippen LogP contribution in [0.2, 0.25) is 5.02 Å². The van der Waals surface area contributed by atoms with E-state index in [2.05, 4.69) is 10.1 Å². The maximum atomic E-state index is 12.3. The molecule has 0 heterocycles. The molecule has 3 nitrogen and oxygen atoms in total. The number of rotatable bonds is 7. The maximum Gasteiger partial charge on any atom is 0.411 e. The Labute approximate surface area is 160 Å². The summed E-state index contributed by atoms with van der Waals surface area (Å²) in [5, 5.41) is 3.58. The zero-order valence-corrected chi connectivity index (χ0v) is 15.2. The normalized spacial score (nSPS) is 19.0. The Balaban J connectivity index is 1.44. The molecule has 1 fully saturated rings. The maximum absolute atomic E-state index is 12.3. The van der Waals surface area contributed by atoms with Gasteiger partial charge in [0.1, 0.15) is 6.61 Å². The van der Waals surface area contributed by atoms with Crippen LogP contribution in [0.5, 0.6) is 0 Å². The van der Waals surface area contributed by atoms with Crippen molar-refractivity contribution in [1.29, 1.82) is 0 Å². The Morgan fingerprint density at radius 1 is 1.11 bits per heavy atom. The van der Waals surface area contributed by atoms with Gasteiger partial charge in [0, 0.05) is 17.5 Å². The number of benzene rings is 2. The highest BCUT2D eigenvalue weighted by molar-refractivity contribution is 6.31. The van der Waals surface area contributed by atoms with E-state index < -0.39 is 12.8 Å². The number of nitrogens with one attached hydrogen (secondary N) is 1. The van der Waals surface area contributed by atoms with Crippen molar-refractivity contribution in [1.82, 2.24) is 5.32 Å². The Bertz CT molecular complexity index is 793. The Hall–Kier alpha value is -2.05. The van der Waals surface area contributed by atoms with Gasteiger partial charge in [0.15, 0.2) is 0 Å². The van der Waals surface area contributed by atoms with Crippen LogP contribution in [0.1, 0.15) is 29.0 Å². The van der Waals surface area contributed by atoms with Crippen molar-refractivity contribution in [3.8, 4) is 0 Å². The minimum Gasteiger partial charge on any atom is -0.367 e. The number of hydrogen-bond acceptors (Lipinski definition) is 2. The molecule has 0 saturated heterocycles. The minimum atomic E-state index is -4.32. The molecule has 2 atom stereocenters. The van der Waals surface area contributed by atoms with Crippen LogP contribution < -0.4 is 5.32 Å². The third-order valence-corrected chi connectivity index (χ3v) is 4.80. The van der Waals surface area contributed by atoms with Gasteiger partial charge >= 0.3 is 6.18 Å². The highest BCUT2D eigenvalue weighted by Crippen LogP contribution is 2.49. The number of alkyl halides is 3. The summed E-state index contributed by atoms with van der Waals surface area (Å²) >= 11 is 6.17. The third kappa shape index (κ3) is 5.71. The molecule has 27 heavy (non-hydrogen) atoms. The van der Waals surface area contributed by atoms with Crippen LogP contribution in [0, 0.1) is 5.92 Å². The Morgan fingerprint density at radius 2 is 1.78 bits per heavy atom. The van der Waals surface area contributed by atoms with Crippen LogP contribution in [0.25, 0.3) is 0 Å². The summed E-state index contributed by atoms with van der Waals surface area (Å²) in [6.45, 7) is -0.999. The van der Waals surface area contributed by atoms with Gasteiger partial charge in [-0.25, -0.2) is 0 Å². The van der Waals surface area contributed by atoms with Crippen molar-refractivity contribution >= 4 is 17.5 Å². The van der Waals surface area contributed by atoms with Gasteiger partial charge in [-0.2, -0.15) is 13.2 Å². The summed E-state index contributed by atoms with van der Waals surface area (Å²) < 4.78 is 40.8. The van der Waals surface area contributed by atoms with Crippen molar-refractivity contribution in [2.45, 2.75) is 31.7 Å². The topological polar surface area (TPSA) is 38.3 Å². The van der Waals surface area contributed by atoms with Crippen molar-refractivity contribution < 1.29 is 22.7 Å². The first kappa shape index (κ1) is 19.7. The molecule has 2 aromatic rings. The summed E-state index contributed by atoms with van der Waals surface area (Å²) in [4.78, 5) is 12.3. The Morgan fingerprint density at radius 3 is 2.44 bits per heavy atom. The van der Waals surface area contributed by atoms with Crippen LogP contribution in [-0.4, -0.2) is 18.7 Å². The lowest BCUT2D eigenvalue weighted by Gasteiger charge is -2.09. The molecule has 144 valence electrons. The van der Waals surface area contributed by atoms with Crippen molar-refractivity contribution in [3.63, 3.8) is 0 Å². The fourth-order valence-electron chi connectivity index (χ4n) is 2.96. The number of amides is 1. The first-order valence-electron chi connectivity index (χ1n) is 8.58. The van der Waals surface area contributed by atoms with E-state index >= 15 is 0 Å². The molecule has 1 amide bonds. The van der Waals surface area contributed by atoms with Gasteiger partial charge in [0.25, 0.3) is 0 Å². The molecule has 3 rings (SSSR count). The van der Waals surface area contributed by atoms with E-state index in [1.165, 1.54) is 0 Å². The molecular formula is C20H19ClF3NO2. The third-order valence-electron chi connectivity index (χ3n) is 4.46. The summed E-state index contributed by atoms with van der Waals surface area (Å²) in [5.74, 6) is 0.0734. The van der Waals surface area contributed by atoms with Gasteiger partial charge in [0.05, 0.1) is 6.61 Å². The minimum absolute atomic E-state index is 0.0162. The number of ether oxygens (including phenoxy) is 1. The smallest absolute Gasteiger partial charge is 0.367 e. The van der Waals surface area contributed by atoms with E-state index in [9.17, 15) is 18.0 Å². The molecule has 1 N–H and O–H groups in total. The van der Waals surface area contributed by atoms with E-state index in [4.69, 9.17) is 11.6 Å². The number of carbonyl (C=O) groups is 1. The predicted molar refractivity (Wildman–Crippen MR) is 96.3 cm³/mol. The Kier molecular flexibility index (Phi) is 6.07. The van der Waals surface area contributed by atoms with E-state index in [0.717, 1.165) is 17.5 Å². The van der Waals surface area contributed by atoms with Crippen LogP contribution in [0.3, 0.4) is 0 Å². The van der Waals surface area contributed by atoms with Gasteiger partial charge in [-0.05, 0) is 35.1 Å². The summed E-state index contributed by atoms with van der Waals surface area (Å²) in [7, 11) is 0. The lowest BCUT2D eigenvalue weighted by molar-refractivity contribution is -0.176. The average Bonchev–Trinajstić information content (AvgIpc) is 3.41. The SMILES string of the molecule is O=C(NCc1ccc(COCC(F)(F)F)cc1)C1CC1c1ccccc1Cl. The van der Waals surface area contributed by atoms with Crippen LogP contribution in [0.15, 0.2) is 48.5 Å². The van der Waals surface area contributed by atoms with E-state index in [0.29, 0.717) is 17.1 Å². The highest BCUT2D eigenvalue weighted by Gasteiger charge is 2.44. The monoisotopic (exact) mass is 397 g/mol. The number of carbonyl (C=O) groups excluding carboxylic acids is 1. The molecule has 0 aromatic heterocycles. The second kappa shape index (κ2) is 8.31. The van der Waals surface area contributed by atoms with Crippen LogP contribution in [0.4, 0.5) is 13.2 Å². The van der Waals surface area contributed by atoms with E-state index in [1.54, 1.807) is 24.3 Å². The molecular weight excluding hydrogens is 379 g/mol. The number of hydrogen-bond donors (Lipinski definition) is 1. The summed E-state index contributed by atoms with van der Waals surface area (Å²) in [6.07, 6.45) is -3.54. The zero-order valence-electron chi connectivity index (χ0n) is 14.4. The molecule has 0 bridgehead atoms. The fraction of sp³-hybridized carbons (Fsp3) is 0.350. The van der Waals surface area contributed by atoms with Crippen LogP contribution in [-0.2, 0) is 22.7 Å². The molecule has 0 radical (unpaired) electrons. The lowest BCUT2D eigenvalue weighted by Crippen LogP contribution is -2.24. The summed E-state index contributed by atoms with van der Waals surface area (Å²) in [6, 6.07) is 14.5. The molecule has 1 aliphatic rings. The number of halogens is 4. The standard InChI is InChI=1S/C20H19ClF3NO2/c21-18-4-2-1-3-15(18)16-9-17(16)19(26)25-10-13-5-7-14(8-6-13)11-27-12-20(22,23)24/h1-8,16-17H,9-12H2,(H,25,26). The molecule has 1 aliphatic carbocycles. The van der Waals surface area contributed by atoms with Gasteiger partial charge < -0.3 is 10.1 Å². The molecule has 7 heteroatoms. The first-order valence-corrected chi connectivity index (χ1v) is 8.96. The predicted octanol–water partition coefficient (Wildman–Crippen LogP) is 4.84. The summed E-state index contributed by atoms with van der Waals surface area (Å²) in [5.41, 5.74) is 2.52. The molecule has 2 unspecified atom stereocenters. The van der Waals surface area contributed by atoms with Crippen molar-refractivity contribution in [3.05, 3.63) is 70.2 Å². The quantitative estimate of drug-likeness (QED) is 0.726. The highest BCUT2D eigenvalue weighted by atomic mass is 35.5. The molecule has 0 aliphatic heterocycles. The molecule has 1 saturated carbocycles. The molecule has 2 aromatic carbocycles.